The third kappa shape index (κ3) is 23.2. The SMILES string of the molecule is CCCCC(=COC=C(CC)CCCC)CC.OCCCCCCCCCO. The lowest BCUT2D eigenvalue weighted by Crippen LogP contribution is -1.86. The van der Waals surface area contributed by atoms with E-state index in [4.69, 9.17) is 14.9 Å². The second-order valence-corrected chi connectivity index (χ2v) is 7.52. The largest absolute Gasteiger partial charge is 0.473 e. The molecule has 0 bridgehead atoms. The maximum atomic E-state index is 8.47. The van der Waals surface area contributed by atoms with Crippen molar-refractivity contribution in [3.8, 4) is 0 Å². The summed E-state index contributed by atoms with van der Waals surface area (Å²) in [5, 5.41) is 16.9. The molecule has 0 rings (SSSR count). The van der Waals surface area contributed by atoms with E-state index in [0.717, 1.165) is 38.5 Å². The van der Waals surface area contributed by atoms with Gasteiger partial charge in [-0.2, -0.15) is 0 Å². The summed E-state index contributed by atoms with van der Waals surface area (Å²) < 4.78 is 5.61. The predicted molar refractivity (Wildman–Crippen MR) is 123 cm³/mol. The average molecular weight is 399 g/mol. The Morgan fingerprint density at radius 1 is 0.571 bits per heavy atom. The van der Waals surface area contributed by atoms with Crippen molar-refractivity contribution >= 4 is 0 Å². The first-order chi connectivity index (χ1) is 13.7. The minimum atomic E-state index is 0.330. The van der Waals surface area contributed by atoms with Gasteiger partial charge in [-0.1, -0.05) is 72.6 Å². The van der Waals surface area contributed by atoms with Crippen molar-refractivity contribution in [3.05, 3.63) is 23.7 Å². The highest BCUT2D eigenvalue weighted by molar-refractivity contribution is 5.01. The van der Waals surface area contributed by atoms with Gasteiger partial charge in [0.25, 0.3) is 0 Å². The van der Waals surface area contributed by atoms with Crippen molar-refractivity contribution in [2.24, 2.45) is 0 Å². The summed E-state index contributed by atoms with van der Waals surface area (Å²) in [6.07, 6.45) is 21.4. The van der Waals surface area contributed by atoms with Gasteiger partial charge in [-0.05, 0) is 62.5 Å². The molecule has 0 fully saturated rings. The highest BCUT2D eigenvalue weighted by Crippen LogP contribution is 2.14. The van der Waals surface area contributed by atoms with Crippen LogP contribution >= 0.6 is 0 Å². The molecule has 3 nitrogen and oxygen atoms in total. The van der Waals surface area contributed by atoms with Crippen LogP contribution in [0.2, 0.25) is 0 Å². The number of ether oxygens (including phenoxy) is 1. The maximum absolute atomic E-state index is 8.47. The molecule has 3 heteroatoms. The lowest BCUT2D eigenvalue weighted by molar-refractivity contribution is 0.278. The van der Waals surface area contributed by atoms with Crippen molar-refractivity contribution in [2.45, 2.75) is 124 Å². The molecule has 0 radical (unpaired) electrons. The van der Waals surface area contributed by atoms with Gasteiger partial charge in [-0.15, -0.1) is 0 Å². The minimum absolute atomic E-state index is 0.330. The van der Waals surface area contributed by atoms with Gasteiger partial charge in [0.1, 0.15) is 0 Å². The van der Waals surface area contributed by atoms with Crippen LogP contribution in [0, 0.1) is 0 Å². The molecule has 0 spiro atoms. The van der Waals surface area contributed by atoms with E-state index in [9.17, 15) is 0 Å². The summed E-state index contributed by atoms with van der Waals surface area (Å²) >= 11 is 0. The fraction of sp³-hybridized carbons (Fsp3) is 0.840. The van der Waals surface area contributed by atoms with E-state index in [1.54, 1.807) is 0 Å². The molecule has 0 atom stereocenters. The van der Waals surface area contributed by atoms with Gasteiger partial charge in [-0.3, -0.25) is 0 Å². The monoisotopic (exact) mass is 398 g/mol. The Morgan fingerprint density at radius 2 is 0.929 bits per heavy atom. The molecule has 168 valence electrons. The molecular formula is C25H50O3. The summed E-state index contributed by atoms with van der Waals surface area (Å²) in [4.78, 5) is 0. The smallest absolute Gasteiger partial charge is 0.0893 e. The van der Waals surface area contributed by atoms with Gasteiger partial charge in [0.15, 0.2) is 0 Å². The Morgan fingerprint density at radius 3 is 1.21 bits per heavy atom. The first kappa shape index (κ1) is 29.4. The van der Waals surface area contributed by atoms with Gasteiger partial charge in [0, 0.05) is 13.2 Å². The molecule has 0 aliphatic rings. The van der Waals surface area contributed by atoms with Crippen molar-refractivity contribution in [1.29, 1.82) is 0 Å². The number of hydrogen-bond acceptors (Lipinski definition) is 3. The van der Waals surface area contributed by atoms with Crippen LogP contribution < -0.4 is 0 Å². The summed E-state index contributed by atoms with van der Waals surface area (Å²) in [6, 6.07) is 0. The number of aliphatic hydroxyl groups excluding tert-OH is 2. The van der Waals surface area contributed by atoms with E-state index in [0.29, 0.717) is 13.2 Å². The van der Waals surface area contributed by atoms with E-state index in [1.165, 1.54) is 68.9 Å². The minimum Gasteiger partial charge on any atom is -0.473 e. The summed E-state index contributed by atoms with van der Waals surface area (Å²) in [7, 11) is 0. The molecule has 0 aromatic carbocycles. The van der Waals surface area contributed by atoms with Crippen molar-refractivity contribution in [2.75, 3.05) is 13.2 Å². The molecule has 28 heavy (non-hydrogen) atoms. The van der Waals surface area contributed by atoms with Crippen LogP contribution in [0.25, 0.3) is 0 Å². The zero-order valence-electron chi connectivity index (χ0n) is 19.5. The molecule has 0 aliphatic heterocycles. The van der Waals surface area contributed by atoms with Gasteiger partial charge in [0.05, 0.1) is 12.5 Å². The van der Waals surface area contributed by atoms with Crippen molar-refractivity contribution in [3.63, 3.8) is 0 Å². The zero-order chi connectivity index (χ0) is 21.3. The number of hydrogen-bond donors (Lipinski definition) is 2. The summed E-state index contributed by atoms with van der Waals surface area (Å²) in [5.41, 5.74) is 2.85. The van der Waals surface area contributed by atoms with Gasteiger partial charge < -0.3 is 14.9 Å². The quantitative estimate of drug-likeness (QED) is 0.184. The molecular weight excluding hydrogens is 348 g/mol. The Kier molecular flexibility index (Phi) is 27.5. The van der Waals surface area contributed by atoms with E-state index in [-0.39, 0.29) is 0 Å². The van der Waals surface area contributed by atoms with Crippen LogP contribution in [0.15, 0.2) is 23.7 Å². The van der Waals surface area contributed by atoms with Crippen molar-refractivity contribution in [1.82, 2.24) is 0 Å². The Labute approximate surface area is 176 Å². The Balaban J connectivity index is 0. The second kappa shape index (κ2) is 26.2. The van der Waals surface area contributed by atoms with Gasteiger partial charge in [0.2, 0.25) is 0 Å². The molecule has 0 aliphatic carbocycles. The molecule has 0 amide bonds. The van der Waals surface area contributed by atoms with Crippen LogP contribution in [-0.4, -0.2) is 23.4 Å². The predicted octanol–water partition coefficient (Wildman–Crippen LogP) is 7.67. The van der Waals surface area contributed by atoms with Crippen molar-refractivity contribution < 1.29 is 14.9 Å². The highest BCUT2D eigenvalue weighted by atomic mass is 16.5. The van der Waals surface area contributed by atoms with Crippen LogP contribution in [0.3, 0.4) is 0 Å². The maximum Gasteiger partial charge on any atom is 0.0893 e. The van der Waals surface area contributed by atoms with Crippen LogP contribution in [-0.2, 0) is 4.74 Å². The molecule has 0 saturated carbocycles. The summed E-state index contributed by atoms with van der Waals surface area (Å²) in [5.74, 6) is 0. The first-order valence-corrected chi connectivity index (χ1v) is 11.9. The average Bonchev–Trinajstić information content (AvgIpc) is 2.72. The topological polar surface area (TPSA) is 49.7 Å². The van der Waals surface area contributed by atoms with E-state index in [1.807, 2.05) is 12.5 Å². The number of aliphatic hydroxyl groups is 2. The molecule has 0 heterocycles. The molecule has 0 unspecified atom stereocenters. The highest BCUT2D eigenvalue weighted by Gasteiger charge is 1.96. The molecule has 0 aromatic rings. The Hall–Kier alpha value is -0.800. The fourth-order valence-electron chi connectivity index (χ4n) is 2.78. The van der Waals surface area contributed by atoms with Crippen LogP contribution in [0.4, 0.5) is 0 Å². The normalized spacial score (nSPS) is 11.9. The fourth-order valence-corrected chi connectivity index (χ4v) is 2.78. The van der Waals surface area contributed by atoms with Crippen LogP contribution in [0.1, 0.15) is 124 Å². The first-order valence-electron chi connectivity index (χ1n) is 11.9. The lowest BCUT2D eigenvalue weighted by Gasteiger charge is -2.05. The second-order valence-electron chi connectivity index (χ2n) is 7.52. The number of rotatable bonds is 18. The van der Waals surface area contributed by atoms with E-state index >= 15 is 0 Å². The standard InChI is InChI=1S/C16H30O.C9H20O2/c1-5-9-11-15(7-3)13-17-14-16(8-4)12-10-6-2;10-8-6-4-2-1-3-5-7-9-11/h13-14H,5-12H2,1-4H3;10-11H,1-9H2. The molecule has 0 saturated heterocycles. The van der Waals surface area contributed by atoms with Crippen LogP contribution in [0.5, 0.6) is 0 Å². The van der Waals surface area contributed by atoms with E-state index in [2.05, 4.69) is 27.7 Å². The van der Waals surface area contributed by atoms with Gasteiger partial charge in [-0.25, -0.2) is 0 Å². The molecule has 0 aromatic heterocycles. The third-order valence-corrected chi connectivity index (χ3v) is 4.90. The van der Waals surface area contributed by atoms with E-state index < -0.39 is 0 Å². The summed E-state index contributed by atoms with van der Waals surface area (Å²) in [6.45, 7) is 9.52. The number of allylic oxidation sites excluding steroid dienone is 2. The third-order valence-electron chi connectivity index (χ3n) is 4.90. The van der Waals surface area contributed by atoms with Gasteiger partial charge >= 0.3 is 0 Å². The zero-order valence-corrected chi connectivity index (χ0v) is 19.5. The Bertz CT molecular complexity index is 316. The number of unbranched alkanes of at least 4 members (excludes halogenated alkanes) is 8. The molecule has 2 N–H and O–H groups in total. The lowest BCUT2D eigenvalue weighted by atomic mass is 10.1.